The number of fused-ring (bicyclic) bond motifs is 1. The first-order valence-electron chi connectivity index (χ1n) is 11.1. The first-order valence-corrected chi connectivity index (χ1v) is 11.1. The summed E-state index contributed by atoms with van der Waals surface area (Å²) in [7, 11) is 2.93. The average molecular weight is 499 g/mol. The summed E-state index contributed by atoms with van der Waals surface area (Å²) in [5, 5.41) is 17.8. The van der Waals surface area contributed by atoms with Crippen molar-refractivity contribution >= 4 is 23.8 Å². The molecule has 2 aromatic carbocycles. The number of methoxy groups -OCH3 is 2. The molecule has 0 saturated heterocycles. The molecule has 4 rings (SSSR count). The summed E-state index contributed by atoms with van der Waals surface area (Å²) < 4.78 is 27.4. The number of aromatic hydroxyl groups is 1. The highest BCUT2D eigenvalue weighted by molar-refractivity contribution is 6.36. The Morgan fingerprint density at radius 2 is 1.92 bits per heavy atom. The predicted molar refractivity (Wildman–Crippen MR) is 126 cm³/mol. The number of benzene rings is 2. The minimum atomic E-state index is -0.607. The Hall–Kier alpha value is -4.48. The van der Waals surface area contributed by atoms with Crippen LogP contribution in [0.5, 0.6) is 28.7 Å². The Morgan fingerprint density at radius 1 is 1.19 bits per heavy atom. The summed E-state index contributed by atoms with van der Waals surface area (Å²) in [6, 6.07) is 6.09. The Balaban J connectivity index is 1.65. The van der Waals surface area contributed by atoms with Gasteiger partial charge in [0.2, 0.25) is 18.3 Å². The lowest BCUT2D eigenvalue weighted by molar-refractivity contribution is -0.135. The van der Waals surface area contributed by atoms with Crippen molar-refractivity contribution < 1.29 is 43.2 Å². The topological polar surface area (TPSA) is 146 Å². The second-order valence-corrected chi connectivity index (χ2v) is 7.63. The second-order valence-electron chi connectivity index (χ2n) is 7.63. The van der Waals surface area contributed by atoms with Crippen molar-refractivity contribution in [2.24, 2.45) is 10.3 Å². The number of nitrogens with one attached hydrogen (secondary N) is 1. The van der Waals surface area contributed by atoms with E-state index < -0.39 is 18.0 Å². The van der Waals surface area contributed by atoms with E-state index >= 15 is 0 Å². The van der Waals surface area contributed by atoms with E-state index in [0.29, 0.717) is 34.1 Å². The number of oxime groups is 1. The van der Waals surface area contributed by atoms with Crippen LogP contribution in [-0.4, -0.2) is 62.6 Å². The van der Waals surface area contributed by atoms with Crippen molar-refractivity contribution in [2.45, 2.75) is 25.9 Å². The van der Waals surface area contributed by atoms with Gasteiger partial charge in [-0.25, -0.2) is 10.2 Å². The molecule has 190 valence electrons. The lowest BCUT2D eigenvalue weighted by atomic mass is 9.96. The van der Waals surface area contributed by atoms with Gasteiger partial charge in [-0.05, 0) is 19.1 Å². The van der Waals surface area contributed by atoms with E-state index in [1.165, 1.54) is 32.6 Å². The lowest BCUT2D eigenvalue weighted by Crippen LogP contribution is -2.20. The standard InChI is InChI=1S/C24H25N3O9/c1-4-33-24(30)17-10-13(36-27-17)9-15-16(11-25-26-23(29)14-7-5-6-8-18(14)28)20(32-3)22-21(19(15)31-2)34-12-35-22/h5-8,11,13,28H,4,9-10,12H2,1-3H3,(H,26,29)/b25-11-. The molecule has 1 unspecified atom stereocenters. The number of rotatable bonds is 9. The number of phenols is 1. The Morgan fingerprint density at radius 3 is 2.61 bits per heavy atom. The van der Waals surface area contributed by atoms with Gasteiger partial charge in [-0.15, -0.1) is 0 Å². The molecule has 2 N–H and O–H groups in total. The quantitative estimate of drug-likeness (QED) is 0.301. The second kappa shape index (κ2) is 10.8. The molecule has 0 radical (unpaired) electrons. The first kappa shape index (κ1) is 24.6. The zero-order valence-electron chi connectivity index (χ0n) is 19.9. The van der Waals surface area contributed by atoms with Crippen LogP contribution in [0.25, 0.3) is 0 Å². The zero-order chi connectivity index (χ0) is 25.7. The van der Waals surface area contributed by atoms with Gasteiger partial charge in [0.1, 0.15) is 11.9 Å². The third-order valence-electron chi connectivity index (χ3n) is 5.46. The number of carbonyl (C=O) groups is 2. The molecule has 0 spiro atoms. The number of esters is 1. The largest absolute Gasteiger partial charge is 0.507 e. The fraction of sp³-hybridized carbons (Fsp3) is 0.333. The molecule has 1 atom stereocenters. The van der Waals surface area contributed by atoms with Crippen LogP contribution in [0, 0.1) is 0 Å². The number of hydrogen-bond donors (Lipinski definition) is 2. The van der Waals surface area contributed by atoms with Gasteiger partial charge in [0.05, 0.1) is 32.6 Å². The molecule has 2 aromatic rings. The van der Waals surface area contributed by atoms with Crippen LogP contribution in [0.4, 0.5) is 0 Å². The highest BCUT2D eigenvalue weighted by Gasteiger charge is 2.34. The Kier molecular flexibility index (Phi) is 7.42. The number of hydrazone groups is 1. The van der Waals surface area contributed by atoms with Crippen molar-refractivity contribution in [3.63, 3.8) is 0 Å². The van der Waals surface area contributed by atoms with Crippen LogP contribution in [0.2, 0.25) is 0 Å². The summed E-state index contributed by atoms with van der Waals surface area (Å²) in [6.07, 6.45) is 1.32. The van der Waals surface area contributed by atoms with Crippen LogP contribution < -0.4 is 24.4 Å². The fourth-order valence-corrected chi connectivity index (χ4v) is 3.87. The highest BCUT2D eigenvalue weighted by Crippen LogP contribution is 2.52. The van der Waals surface area contributed by atoms with Crippen LogP contribution in [0.15, 0.2) is 34.5 Å². The normalized spacial score (nSPS) is 15.9. The molecule has 0 bridgehead atoms. The van der Waals surface area contributed by atoms with E-state index in [1.54, 1.807) is 19.1 Å². The zero-order valence-corrected chi connectivity index (χ0v) is 19.9. The van der Waals surface area contributed by atoms with Gasteiger partial charge in [-0.3, -0.25) is 4.79 Å². The third-order valence-corrected chi connectivity index (χ3v) is 5.46. The molecule has 2 heterocycles. The highest BCUT2D eigenvalue weighted by atomic mass is 16.7. The molecule has 36 heavy (non-hydrogen) atoms. The summed E-state index contributed by atoms with van der Waals surface area (Å²) in [4.78, 5) is 30.0. The minimum Gasteiger partial charge on any atom is -0.507 e. The molecule has 0 aromatic heterocycles. The molecule has 0 fully saturated rings. The molecule has 2 aliphatic heterocycles. The molecule has 0 aliphatic carbocycles. The first-order chi connectivity index (χ1) is 17.5. The molecule has 12 heteroatoms. The molecule has 12 nitrogen and oxygen atoms in total. The number of phenolic OH excluding ortho intramolecular Hbond substituents is 1. The predicted octanol–water partition coefficient (Wildman–Crippen LogP) is 2.15. The lowest BCUT2D eigenvalue weighted by Gasteiger charge is -2.19. The van der Waals surface area contributed by atoms with Gasteiger partial charge in [-0.2, -0.15) is 5.10 Å². The summed E-state index contributed by atoms with van der Waals surface area (Å²) in [5.74, 6) is 0.0251. The van der Waals surface area contributed by atoms with Crippen molar-refractivity contribution in [2.75, 3.05) is 27.6 Å². The van der Waals surface area contributed by atoms with E-state index in [1.807, 2.05) is 0 Å². The SMILES string of the molecule is CCOC(=O)C1=NOC(Cc2c(/C=N\NC(=O)c3ccccc3O)c(OC)c3c(c2OC)OCO3)C1. The maximum atomic E-state index is 12.5. The molecule has 2 aliphatic rings. The number of para-hydroxylation sites is 1. The third kappa shape index (κ3) is 4.83. The van der Waals surface area contributed by atoms with Gasteiger partial charge in [0.25, 0.3) is 5.91 Å². The van der Waals surface area contributed by atoms with Crippen LogP contribution in [0.3, 0.4) is 0 Å². The number of nitrogens with zero attached hydrogens (tertiary/aromatic N) is 2. The van der Waals surface area contributed by atoms with Crippen molar-refractivity contribution in [1.29, 1.82) is 0 Å². The molecule has 1 amide bonds. The number of ether oxygens (including phenoxy) is 5. The van der Waals surface area contributed by atoms with Gasteiger partial charge in [0.15, 0.2) is 17.2 Å². The number of hydrogen-bond acceptors (Lipinski definition) is 11. The van der Waals surface area contributed by atoms with Crippen LogP contribution in [0.1, 0.15) is 34.8 Å². The van der Waals surface area contributed by atoms with Gasteiger partial charge >= 0.3 is 5.97 Å². The minimum absolute atomic E-state index is 0.0395. The van der Waals surface area contributed by atoms with Gasteiger partial charge in [-0.1, -0.05) is 17.3 Å². The molecule has 0 saturated carbocycles. The van der Waals surface area contributed by atoms with Crippen LogP contribution >= 0.6 is 0 Å². The Labute approximate surface area is 206 Å². The van der Waals surface area contributed by atoms with Gasteiger partial charge < -0.3 is 33.6 Å². The van der Waals surface area contributed by atoms with Gasteiger partial charge in [0, 0.05) is 24.0 Å². The smallest absolute Gasteiger partial charge is 0.356 e. The number of carbonyl (C=O) groups excluding carboxylic acids is 2. The maximum Gasteiger partial charge on any atom is 0.356 e. The van der Waals surface area contributed by atoms with Crippen molar-refractivity contribution in [3.05, 3.63) is 41.0 Å². The summed E-state index contributed by atoms with van der Waals surface area (Å²) >= 11 is 0. The van der Waals surface area contributed by atoms with E-state index in [4.69, 9.17) is 28.5 Å². The summed E-state index contributed by atoms with van der Waals surface area (Å²) in [5.41, 5.74) is 3.64. The average Bonchev–Trinajstić information content (AvgIpc) is 3.54. The Bertz CT molecular complexity index is 1230. The van der Waals surface area contributed by atoms with E-state index in [9.17, 15) is 14.7 Å². The van der Waals surface area contributed by atoms with Crippen LogP contribution in [-0.2, 0) is 20.8 Å². The molecular weight excluding hydrogens is 474 g/mol. The van der Waals surface area contributed by atoms with Crippen molar-refractivity contribution in [1.82, 2.24) is 5.43 Å². The fourth-order valence-electron chi connectivity index (χ4n) is 3.87. The van der Waals surface area contributed by atoms with E-state index in [2.05, 4.69) is 15.7 Å². The number of amides is 1. The van der Waals surface area contributed by atoms with Crippen molar-refractivity contribution in [3.8, 4) is 28.7 Å². The maximum absolute atomic E-state index is 12.5. The monoisotopic (exact) mass is 499 g/mol. The van der Waals surface area contributed by atoms with E-state index in [-0.39, 0.29) is 43.3 Å². The summed E-state index contributed by atoms with van der Waals surface area (Å²) in [6.45, 7) is 1.89. The molecular formula is C24H25N3O9. The van der Waals surface area contributed by atoms with E-state index in [0.717, 1.165) is 0 Å².